The van der Waals surface area contributed by atoms with Crippen LogP contribution in [0.1, 0.15) is 13.8 Å². The summed E-state index contributed by atoms with van der Waals surface area (Å²) in [6, 6.07) is 0. The second-order valence-corrected chi connectivity index (χ2v) is 2.27. The Morgan fingerprint density at radius 3 is 2.22 bits per heavy atom. The van der Waals surface area contributed by atoms with Gasteiger partial charge in [0, 0.05) is 6.92 Å². The molecule has 0 saturated heterocycles. The molecule has 4 heteroatoms. The van der Waals surface area contributed by atoms with Crippen LogP contribution in [0.3, 0.4) is 0 Å². The largest absolute Gasteiger partial charge is 1.00 e. The van der Waals surface area contributed by atoms with Crippen LogP contribution in [0.15, 0.2) is 0 Å². The van der Waals surface area contributed by atoms with E-state index >= 15 is 0 Å². The van der Waals surface area contributed by atoms with E-state index in [1.54, 1.807) is 6.92 Å². The van der Waals surface area contributed by atoms with E-state index in [9.17, 15) is 4.79 Å². The standard InChI is InChI=1S/C5H9O2S.Rb/c1-4(6)7-5(2)8-3;/h1-3H3;/q-1;+1. The van der Waals surface area contributed by atoms with Crippen molar-refractivity contribution in [1.29, 1.82) is 0 Å². The molecular formula is C5H9O2RbS. The Morgan fingerprint density at radius 1 is 1.67 bits per heavy atom. The van der Waals surface area contributed by atoms with Crippen LogP contribution in [-0.4, -0.2) is 12.2 Å². The normalized spacial score (nSPS) is 8.44. The maximum absolute atomic E-state index is 10.2. The number of hydrogen-bond acceptors (Lipinski definition) is 3. The molecule has 0 saturated carbocycles. The monoisotopic (exact) mass is 218 g/mol. The first kappa shape index (κ1) is 13.2. The second-order valence-electron chi connectivity index (χ2n) is 1.29. The summed E-state index contributed by atoms with van der Waals surface area (Å²) in [5.74, 6) is -0.253. The molecule has 0 unspecified atom stereocenters. The van der Waals surface area contributed by atoms with Crippen LogP contribution in [0, 0.1) is 5.44 Å². The number of hydrogen-bond donors (Lipinski definition) is 0. The predicted molar refractivity (Wildman–Crippen MR) is 34.2 cm³/mol. The van der Waals surface area contributed by atoms with Crippen molar-refractivity contribution < 1.29 is 67.7 Å². The molecule has 0 spiro atoms. The van der Waals surface area contributed by atoms with Gasteiger partial charge in [0.05, 0.1) is 0 Å². The van der Waals surface area contributed by atoms with Gasteiger partial charge in [-0.2, -0.15) is 0 Å². The van der Waals surface area contributed by atoms with Crippen LogP contribution >= 0.6 is 11.8 Å². The molecule has 2 nitrogen and oxygen atoms in total. The van der Waals surface area contributed by atoms with Crippen molar-refractivity contribution in [2.24, 2.45) is 0 Å². The van der Waals surface area contributed by atoms with E-state index < -0.39 is 0 Å². The van der Waals surface area contributed by atoms with Crippen LogP contribution in [0.2, 0.25) is 0 Å². The predicted octanol–water partition coefficient (Wildman–Crippen LogP) is -1.57. The molecule has 0 aliphatic heterocycles. The molecule has 9 heavy (non-hydrogen) atoms. The molecule has 0 bridgehead atoms. The van der Waals surface area contributed by atoms with E-state index in [4.69, 9.17) is 0 Å². The number of esters is 1. The zero-order valence-electron chi connectivity index (χ0n) is 6.22. The van der Waals surface area contributed by atoms with E-state index in [2.05, 4.69) is 4.74 Å². The molecule has 0 heterocycles. The van der Waals surface area contributed by atoms with Gasteiger partial charge in [-0.1, -0.05) is 5.44 Å². The fraction of sp³-hybridized carbons (Fsp3) is 0.600. The molecule has 0 amide bonds. The molecule has 0 aromatic heterocycles. The summed E-state index contributed by atoms with van der Waals surface area (Å²) in [6.45, 7) is 3.14. The number of rotatable bonds is 2. The van der Waals surface area contributed by atoms with Crippen molar-refractivity contribution in [3.63, 3.8) is 0 Å². The van der Waals surface area contributed by atoms with E-state index in [0.29, 0.717) is 5.44 Å². The van der Waals surface area contributed by atoms with Gasteiger partial charge in [0.1, 0.15) is 0 Å². The van der Waals surface area contributed by atoms with Crippen LogP contribution in [0.4, 0.5) is 0 Å². The molecule has 48 valence electrons. The number of thioether (sulfide) groups is 1. The molecule has 0 fully saturated rings. The minimum Gasteiger partial charge on any atom is -0.624 e. The summed E-state index contributed by atoms with van der Waals surface area (Å²) < 4.78 is 4.64. The molecule has 0 aromatic carbocycles. The summed E-state index contributed by atoms with van der Waals surface area (Å²) in [4.78, 5) is 10.2. The molecule has 0 rings (SSSR count). The van der Waals surface area contributed by atoms with Crippen molar-refractivity contribution in [2.45, 2.75) is 13.8 Å². The third-order valence-electron chi connectivity index (χ3n) is 0.575. The minimum atomic E-state index is -0.253. The zero-order chi connectivity index (χ0) is 6.57. The summed E-state index contributed by atoms with van der Waals surface area (Å²) in [5, 5.41) is 0. The summed E-state index contributed by atoms with van der Waals surface area (Å²) in [6.07, 6.45) is 1.86. The van der Waals surface area contributed by atoms with Gasteiger partial charge in [0.25, 0.3) is 5.97 Å². The van der Waals surface area contributed by atoms with Gasteiger partial charge >= 0.3 is 58.2 Å². The third-order valence-corrected chi connectivity index (χ3v) is 1.23. The van der Waals surface area contributed by atoms with Crippen molar-refractivity contribution >= 4 is 17.7 Å². The van der Waals surface area contributed by atoms with Crippen molar-refractivity contribution in [3.05, 3.63) is 5.44 Å². The van der Waals surface area contributed by atoms with Crippen molar-refractivity contribution in [2.75, 3.05) is 6.26 Å². The van der Waals surface area contributed by atoms with Crippen LogP contribution in [0.25, 0.3) is 0 Å². The number of carbonyl (C=O) groups excluding carboxylic acids is 1. The Hall–Kier alpha value is 1.63. The first-order valence-electron chi connectivity index (χ1n) is 2.22. The van der Waals surface area contributed by atoms with Crippen LogP contribution < -0.4 is 58.2 Å². The molecule has 0 N–H and O–H groups in total. The minimum absolute atomic E-state index is 0. The number of ether oxygens (including phenoxy) is 1. The Bertz CT molecular complexity index is 87.0. The molecule has 0 aromatic rings. The van der Waals surface area contributed by atoms with Gasteiger partial charge in [0.15, 0.2) is 0 Å². The Kier molecular flexibility index (Phi) is 11.4. The summed E-state index contributed by atoms with van der Waals surface area (Å²) in [5.41, 5.74) is 0.692. The SMILES string of the molecule is CS[C-](C)OC(C)=O.[Rb+]. The maximum atomic E-state index is 10.2. The molecular weight excluding hydrogens is 210 g/mol. The quantitative estimate of drug-likeness (QED) is 0.414. The molecule has 0 aliphatic carbocycles. The first-order chi connectivity index (χ1) is 3.66. The van der Waals surface area contributed by atoms with E-state index in [1.165, 1.54) is 18.7 Å². The summed E-state index contributed by atoms with van der Waals surface area (Å²) in [7, 11) is 0. The molecule has 0 atom stereocenters. The third kappa shape index (κ3) is 9.63. The first-order valence-corrected chi connectivity index (χ1v) is 3.45. The molecule has 0 aliphatic rings. The van der Waals surface area contributed by atoms with Crippen molar-refractivity contribution in [3.8, 4) is 0 Å². The smallest absolute Gasteiger partial charge is 0.624 e. The van der Waals surface area contributed by atoms with Gasteiger partial charge < -0.3 is 16.5 Å². The topological polar surface area (TPSA) is 26.3 Å². The van der Waals surface area contributed by atoms with Gasteiger partial charge in [-0.3, -0.25) is 4.79 Å². The Morgan fingerprint density at radius 2 is 2.11 bits per heavy atom. The van der Waals surface area contributed by atoms with Gasteiger partial charge in [-0.05, 0) is 6.26 Å². The van der Waals surface area contributed by atoms with Crippen LogP contribution in [-0.2, 0) is 9.53 Å². The number of carbonyl (C=O) groups is 1. The van der Waals surface area contributed by atoms with E-state index in [1.807, 2.05) is 6.26 Å². The fourth-order valence-corrected chi connectivity index (χ4v) is 0.445. The second kappa shape index (κ2) is 7.73. The van der Waals surface area contributed by atoms with Crippen molar-refractivity contribution in [1.82, 2.24) is 0 Å². The van der Waals surface area contributed by atoms with E-state index in [-0.39, 0.29) is 64.2 Å². The van der Waals surface area contributed by atoms with Crippen LogP contribution in [0.5, 0.6) is 0 Å². The Labute approximate surface area is 109 Å². The van der Waals surface area contributed by atoms with Gasteiger partial charge in [-0.15, -0.1) is 6.92 Å². The van der Waals surface area contributed by atoms with E-state index in [0.717, 1.165) is 0 Å². The molecule has 0 radical (unpaired) electrons. The van der Waals surface area contributed by atoms with Gasteiger partial charge in [-0.25, -0.2) is 0 Å². The van der Waals surface area contributed by atoms with Gasteiger partial charge in [0.2, 0.25) is 0 Å². The average molecular weight is 219 g/mol. The maximum Gasteiger partial charge on any atom is 1.00 e. The summed E-state index contributed by atoms with van der Waals surface area (Å²) >= 11 is 1.43. The fourth-order valence-electron chi connectivity index (χ4n) is 0.244. The zero-order valence-corrected chi connectivity index (χ0v) is 12.0. The Balaban J connectivity index is 0. The average Bonchev–Trinajstić information content (AvgIpc) is 1.65.